The summed E-state index contributed by atoms with van der Waals surface area (Å²) in [6, 6.07) is 13.2. The van der Waals surface area contributed by atoms with Gasteiger partial charge in [-0.15, -0.1) is 5.73 Å². The fourth-order valence-electron chi connectivity index (χ4n) is 1.80. The number of nitrogens with zero attached hydrogens (tertiary/aromatic N) is 1. The lowest BCUT2D eigenvalue weighted by Gasteiger charge is -2.19. The van der Waals surface area contributed by atoms with Gasteiger partial charge >= 0.3 is 0 Å². The summed E-state index contributed by atoms with van der Waals surface area (Å²) in [6.45, 7) is 5.70. The molecule has 1 aromatic heterocycles. The minimum Gasteiger partial charge on any atom is -0.464 e. The van der Waals surface area contributed by atoms with Gasteiger partial charge in [0, 0.05) is 11.8 Å². The van der Waals surface area contributed by atoms with Crippen molar-refractivity contribution in [2.24, 2.45) is 0 Å². The van der Waals surface area contributed by atoms with Crippen LogP contribution in [0, 0.1) is 6.92 Å². The van der Waals surface area contributed by atoms with E-state index in [1.165, 1.54) is 6.08 Å². The third kappa shape index (κ3) is 3.24. The van der Waals surface area contributed by atoms with Gasteiger partial charge in [-0.05, 0) is 31.2 Å². The van der Waals surface area contributed by atoms with Gasteiger partial charge in [0.15, 0.2) is 0 Å². The molecule has 0 aliphatic carbocycles. The molecule has 1 amide bonds. The lowest BCUT2D eigenvalue weighted by Crippen LogP contribution is -2.28. The Labute approximate surface area is 112 Å². The van der Waals surface area contributed by atoms with Crippen molar-refractivity contribution in [2.75, 3.05) is 4.90 Å². The number of hydrogen-bond acceptors (Lipinski definition) is 2. The predicted octanol–water partition coefficient (Wildman–Crippen LogP) is 3.46. The van der Waals surface area contributed by atoms with Crippen LogP contribution in [0.25, 0.3) is 0 Å². The monoisotopic (exact) mass is 253 g/mol. The molecule has 0 aliphatic heterocycles. The molecular formula is C16H15NO2. The zero-order valence-corrected chi connectivity index (χ0v) is 10.8. The SMILES string of the molecule is C=C=CC(=O)N(Cc1ccc(C)o1)c1ccccc1. The molecule has 3 heteroatoms. The number of rotatable bonds is 4. The van der Waals surface area contributed by atoms with E-state index in [1.807, 2.05) is 49.4 Å². The van der Waals surface area contributed by atoms with Gasteiger partial charge in [-0.2, -0.15) is 0 Å². The Balaban J connectivity index is 2.29. The maximum Gasteiger partial charge on any atom is 0.259 e. The number of carbonyl (C=O) groups excluding carboxylic acids is 1. The highest BCUT2D eigenvalue weighted by atomic mass is 16.3. The molecule has 2 rings (SSSR count). The first-order valence-electron chi connectivity index (χ1n) is 5.98. The van der Waals surface area contributed by atoms with E-state index in [9.17, 15) is 4.79 Å². The van der Waals surface area contributed by atoms with E-state index < -0.39 is 0 Å². The Morgan fingerprint density at radius 3 is 2.63 bits per heavy atom. The van der Waals surface area contributed by atoms with Crippen LogP contribution in [-0.4, -0.2) is 5.91 Å². The molecule has 1 heterocycles. The Morgan fingerprint density at radius 1 is 1.32 bits per heavy atom. The number of hydrogen-bond donors (Lipinski definition) is 0. The number of benzene rings is 1. The van der Waals surface area contributed by atoms with Crippen LogP contribution in [0.3, 0.4) is 0 Å². The zero-order chi connectivity index (χ0) is 13.7. The molecule has 0 N–H and O–H groups in total. The number of aryl methyl sites for hydroxylation is 1. The molecule has 3 nitrogen and oxygen atoms in total. The molecule has 0 bridgehead atoms. The smallest absolute Gasteiger partial charge is 0.259 e. The van der Waals surface area contributed by atoms with Gasteiger partial charge in [0.05, 0.1) is 6.54 Å². The van der Waals surface area contributed by atoms with Crippen LogP contribution >= 0.6 is 0 Å². The second-order valence-electron chi connectivity index (χ2n) is 4.12. The summed E-state index contributed by atoms with van der Waals surface area (Å²) < 4.78 is 5.52. The van der Waals surface area contributed by atoms with Gasteiger partial charge in [-0.1, -0.05) is 24.8 Å². The molecule has 0 atom stereocenters. The van der Waals surface area contributed by atoms with E-state index in [2.05, 4.69) is 12.3 Å². The fraction of sp³-hybridized carbons (Fsp3) is 0.125. The number of amides is 1. The standard InChI is InChI=1S/C16H15NO2/c1-3-7-16(18)17(14-8-5-4-6-9-14)12-15-11-10-13(2)19-15/h4-11H,1,12H2,2H3. The van der Waals surface area contributed by atoms with Crippen molar-refractivity contribution in [2.45, 2.75) is 13.5 Å². The highest BCUT2D eigenvalue weighted by Gasteiger charge is 2.15. The summed E-state index contributed by atoms with van der Waals surface area (Å²) in [5, 5.41) is 0. The fourth-order valence-corrected chi connectivity index (χ4v) is 1.80. The van der Waals surface area contributed by atoms with Crippen molar-refractivity contribution in [3.8, 4) is 0 Å². The number of anilines is 1. The van der Waals surface area contributed by atoms with Crippen LogP contribution in [-0.2, 0) is 11.3 Å². The Bertz CT molecular complexity index is 607. The van der Waals surface area contributed by atoms with Crippen LogP contribution in [0.5, 0.6) is 0 Å². The van der Waals surface area contributed by atoms with E-state index in [4.69, 9.17) is 4.42 Å². The zero-order valence-electron chi connectivity index (χ0n) is 10.8. The Hall–Kier alpha value is -2.51. The molecule has 0 unspecified atom stereocenters. The van der Waals surface area contributed by atoms with Gasteiger partial charge in [0.25, 0.3) is 5.91 Å². The van der Waals surface area contributed by atoms with Crippen LogP contribution in [0.15, 0.2) is 65.3 Å². The van der Waals surface area contributed by atoms with Gasteiger partial charge in [-0.25, -0.2) is 0 Å². The van der Waals surface area contributed by atoms with Gasteiger partial charge < -0.3 is 9.32 Å². The highest BCUT2D eigenvalue weighted by molar-refractivity contribution is 6.01. The van der Waals surface area contributed by atoms with Gasteiger partial charge in [-0.3, -0.25) is 4.79 Å². The van der Waals surface area contributed by atoms with Gasteiger partial charge in [0.1, 0.15) is 11.5 Å². The van der Waals surface area contributed by atoms with E-state index in [0.29, 0.717) is 6.54 Å². The molecule has 2 aromatic rings. The van der Waals surface area contributed by atoms with E-state index >= 15 is 0 Å². The quantitative estimate of drug-likeness (QED) is 0.617. The average molecular weight is 253 g/mol. The number of para-hydroxylation sites is 1. The molecule has 0 aliphatic rings. The van der Waals surface area contributed by atoms with Crippen molar-refractivity contribution < 1.29 is 9.21 Å². The van der Waals surface area contributed by atoms with Gasteiger partial charge in [0.2, 0.25) is 0 Å². The topological polar surface area (TPSA) is 33.5 Å². The Morgan fingerprint density at radius 2 is 2.05 bits per heavy atom. The van der Waals surface area contributed by atoms with Crippen molar-refractivity contribution >= 4 is 11.6 Å². The van der Waals surface area contributed by atoms with Crippen molar-refractivity contribution in [3.05, 3.63) is 72.4 Å². The third-order valence-electron chi connectivity index (χ3n) is 2.67. The largest absolute Gasteiger partial charge is 0.464 e. The maximum atomic E-state index is 12.1. The van der Waals surface area contributed by atoms with Crippen LogP contribution < -0.4 is 4.90 Å². The second kappa shape index (κ2) is 5.89. The van der Waals surface area contributed by atoms with Crippen molar-refractivity contribution in [1.82, 2.24) is 0 Å². The lowest BCUT2D eigenvalue weighted by molar-refractivity contribution is -0.114. The summed E-state index contributed by atoms with van der Waals surface area (Å²) in [5.74, 6) is 1.40. The summed E-state index contributed by atoms with van der Waals surface area (Å²) in [7, 11) is 0. The molecule has 0 fully saturated rings. The van der Waals surface area contributed by atoms with Crippen molar-refractivity contribution in [3.63, 3.8) is 0 Å². The maximum absolute atomic E-state index is 12.1. The molecule has 0 spiro atoms. The predicted molar refractivity (Wildman–Crippen MR) is 74.8 cm³/mol. The average Bonchev–Trinajstić information content (AvgIpc) is 2.83. The first-order valence-corrected chi connectivity index (χ1v) is 5.98. The number of furan rings is 1. The molecule has 0 radical (unpaired) electrons. The van der Waals surface area contributed by atoms with E-state index in [1.54, 1.807) is 4.90 Å². The molecule has 1 aromatic carbocycles. The van der Waals surface area contributed by atoms with Crippen LogP contribution in [0.4, 0.5) is 5.69 Å². The summed E-state index contributed by atoms with van der Waals surface area (Å²) >= 11 is 0. The normalized spacial score (nSPS) is 9.74. The lowest BCUT2D eigenvalue weighted by atomic mass is 10.2. The first-order chi connectivity index (χ1) is 9.20. The minimum atomic E-state index is -0.171. The second-order valence-corrected chi connectivity index (χ2v) is 4.12. The van der Waals surface area contributed by atoms with Crippen LogP contribution in [0.2, 0.25) is 0 Å². The minimum absolute atomic E-state index is 0.171. The molecule has 96 valence electrons. The van der Waals surface area contributed by atoms with Crippen molar-refractivity contribution in [1.29, 1.82) is 0 Å². The summed E-state index contributed by atoms with van der Waals surface area (Å²) in [4.78, 5) is 13.7. The van der Waals surface area contributed by atoms with E-state index in [-0.39, 0.29) is 5.91 Å². The molecule has 0 saturated heterocycles. The molecule has 19 heavy (non-hydrogen) atoms. The summed E-state index contributed by atoms with van der Waals surface area (Å²) in [6.07, 6.45) is 1.32. The first kappa shape index (κ1) is 12.9. The summed E-state index contributed by atoms with van der Waals surface area (Å²) in [5.41, 5.74) is 3.32. The molecular weight excluding hydrogens is 238 g/mol. The van der Waals surface area contributed by atoms with Crippen LogP contribution in [0.1, 0.15) is 11.5 Å². The number of carbonyl (C=O) groups is 1. The molecule has 0 saturated carbocycles. The third-order valence-corrected chi connectivity index (χ3v) is 2.67. The van der Waals surface area contributed by atoms with E-state index in [0.717, 1.165) is 17.2 Å². The Kier molecular flexibility index (Phi) is 4.01. The highest BCUT2D eigenvalue weighted by Crippen LogP contribution is 2.18.